The summed E-state index contributed by atoms with van der Waals surface area (Å²) in [5, 5.41) is 2.75. The van der Waals surface area contributed by atoms with Crippen LogP contribution < -0.4 is 5.32 Å². The Kier molecular flexibility index (Phi) is 3.28. The van der Waals surface area contributed by atoms with Crippen LogP contribution >= 0.6 is 0 Å². The number of nitrogens with one attached hydrogen (secondary N) is 1. The summed E-state index contributed by atoms with van der Waals surface area (Å²) >= 11 is 0. The lowest BCUT2D eigenvalue weighted by Crippen LogP contribution is -2.06. The van der Waals surface area contributed by atoms with Gasteiger partial charge in [0.25, 0.3) is 0 Å². The average Bonchev–Trinajstić information content (AvgIpc) is 2.38. The van der Waals surface area contributed by atoms with Crippen LogP contribution in [0.25, 0.3) is 11.1 Å². The van der Waals surface area contributed by atoms with Crippen LogP contribution in [-0.2, 0) is 6.18 Å². The maximum Gasteiger partial charge on any atom is 0.416 e. The monoisotopic (exact) mass is 251 g/mol. The maximum absolute atomic E-state index is 12.8. The molecular weight excluding hydrogens is 239 g/mol. The molecule has 1 N–H and O–H groups in total. The summed E-state index contributed by atoms with van der Waals surface area (Å²) in [6, 6.07) is 13.0. The van der Waals surface area contributed by atoms with Gasteiger partial charge in [0, 0.05) is 12.7 Å². The smallest absolute Gasteiger partial charge is 0.388 e. The summed E-state index contributed by atoms with van der Waals surface area (Å²) in [5.41, 5.74) is 1.12. The fraction of sp³-hybridized carbons (Fsp3) is 0.143. The van der Waals surface area contributed by atoms with E-state index in [1.165, 1.54) is 0 Å². The number of hydrogen-bond acceptors (Lipinski definition) is 1. The molecule has 0 bridgehead atoms. The predicted molar refractivity (Wildman–Crippen MR) is 66.4 cm³/mol. The van der Waals surface area contributed by atoms with Gasteiger partial charge in [-0.1, -0.05) is 30.3 Å². The first-order chi connectivity index (χ1) is 8.50. The summed E-state index contributed by atoms with van der Waals surface area (Å²) in [7, 11) is 1.60. The molecule has 0 atom stereocenters. The number of anilines is 1. The first kappa shape index (κ1) is 12.5. The van der Waals surface area contributed by atoms with Gasteiger partial charge < -0.3 is 5.32 Å². The van der Waals surface area contributed by atoms with Gasteiger partial charge >= 0.3 is 6.18 Å². The molecule has 94 valence electrons. The predicted octanol–water partition coefficient (Wildman–Crippen LogP) is 4.41. The van der Waals surface area contributed by atoms with Crippen LogP contribution in [0.3, 0.4) is 0 Å². The number of hydrogen-bond donors (Lipinski definition) is 1. The fourth-order valence-electron chi connectivity index (χ4n) is 1.73. The van der Waals surface area contributed by atoms with Crippen molar-refractivity contribution in [3.63, 3.8) is 0 Å². The second-order valence-corrected chi connectivity index (χ2v) is 3.91. The van der Waals surface area contributed by atoms with Crippen LogP contribution in [-0.4, -0.2) is 7.05 Å². The van der Waals surface area contributed by atoms with E-state index in [1.807, 2.05) is 6.07 Å². The summed E-state index contributed by atoms with van der Waals surface area (Å²) in [4.78, 5) is 0. The van der Waals surface area contributed by atoms with E-state index in [1.54, 1.807) is 37.4 Å². The second kappa shape index (κ2) is 4.72. The van der Waals surface area contributed by atoms with Crippen molar-refractivity contribution in [3.8, 4) is 11.1 Å². The third kappa shape index (κ3) is 2.64. The zero-order valence-corrected chi connectivity index (χ0v) is 9.75. The minimum atomic E-state index is -4.34. The molecule has 18 heavy (non-hydrogen) atoms. The molecule has 0 saturated carbocycles. The summed E-state index contributed by atoms with van der Waals surface area (Å²) < 4.78 is 38.3. The molecular formula is C14H12F3N. The highest BCUT2D eigenvalue weighted by Gasteiger charge is 2.31. The van der Waals surface area contributed by atoms with Crippen molar-refractivity contribution >= 4 is 5.69 Å². The molecule has 1 nitrogen and oxygen atoms in total. The molecule has 0 spiro atoms. The lowest BCUT2D eigenvalue weighted by molar-refractivity contribution is -0.137. The fourth-order valence-corrected chi connectivity index (χ4v) is 1.73. The van der Waals surface area contributed by atoms with E-state index in [-0.39, 0.29) is 0 Å². The Hall–Kier alpha value is -1.97. The number of benzene rings is 2. The number of alkyl halides is 3. The molecule has 0 aliphatic rings. The van der Waals surface area contributed by atoms with Crippen LogP contribution in [0.5, 0.6) is 0 Å². The van der Waals surface area contributed by atoms with Crippen molar-refractivity contribution in [2.24, 2.45) is 0 Å². The highest BCUT2D eigenvalue weighted by Crippen LogP contribution is 2.34. The Balaban J connectivity index is 2.55. The molecule has 2 aromatic carbocycles. The van der Waals surface area contributed by atoms with E-state index in [4.69, 9.17) is 0 Å². The van der Waals surface area contributed by atoms with Crippen LogP contribution in [0.2, 0.25) is 0 Å². The average molecular weight is 251 g/mol. The molecule has 0 aliphatic carbocycles. The molecule has 0 heterocycles. The molecule has 0 aliphatic heterocycles. The van der Waals surface area contributed by atoms with E-state index in [9.17, 15) is 13.2 Å². The molecule has 4 heteroatoms. The first-order valence-corrected chi connectivity index (χ1v) is 5.46. The molecule has 0 radical (unpaired) electrons. The third-order valence-electron chi connectivity index (χ3n) is 2.66. The Bertz CT molecular complexity index is 532. The normalized spacial score (nSPS) is 11.3. The first-order valence-electron chi connectivity index (χ1n) is 5.46. The molecule has 0 amide bonds. The topological polar surface area (TPSA) is 12.0 Å². The van der Waals surface area contributed by atoms with Gasteiger partial charge in [0.1, 0.15) is 0 Å². The minimum absolute atomic E-state index is 0.448. The Morgan fingerprint density at radius 1 is 0.889 bits per heavy atom. The summed E-state index contributed by atoms with van der Waals surface area (Å²) in [6.45, 7) is 0. The second-order valence-electron chi connectivity index (χ2n) is 3.91. The van der Waals surface area contributed by atoms with Crippen molar-refractivity contribution in [3.05, 3.63) is 54.1 Å². The lowest BCUT2D eigenvalue weighted by atomic mass is 10.0. The Labute approximate surface area is 103 Å². The number of rotatable bonds is 2. The van der Waals surface area contributed by atoms with Gasteiger partial charge in [0.15, 0.2) is 0 Å². The molecule has 0 unspecified atom stereocenters. The number of halogens is 3. The highest BCUT2D eigenvalue weighted by atomic mass is 19.4. The van der Waals surface area contributed by atoms with E-state index in [0.29, 0.717) is 11.3 Å². The van der Waals surface area contributed by atoms with E-state index in [0.717, 1.165) is 17.7 Å². The molecule has 0 aromatic heterocycles. The standard InChI is InChI=1S/C14H12F3N/c1-18-13-8-11(10-5-3-2-4-6-10)7-12(9-13)14(15,16)17/h2-9,18H,1H3. The van der Waals surface area contributed by atoms with E-state index >= 15 is 0 Å². The van der Waals surface area contributed by atoms with Gasteiger partial charge in [-0.05, 0) is 29.3 Å². The lowest BCUT2D eigenvalue weighted by Gasteiger charge is -2.12. The SMILES string of the molecule is CNc1cc(-c2ccccc2)cc(C(F)(F)F)c1. The molecule has 0 fully saturated rings. The summed E-state index contributed by atoms with van der Waals surface area (Å²) in [6.07, 6.45) is -4.34. The van der Waals surface area contributed by atoms with Crippen molar-refractivity contribution in [1.82, 2.24) is 0 Å². The van der Waals surface area contributed by atoms with Crippen molar-refractivity contribution < 1.29 is 13.2 Å². The van der Waals surface area contributed by atoms with Gasteiger partial charge in [0.2, 0.25) is 0 Å². The van der Waals surface area contributed by atoms with Gasteiger partial charge in [-0.2, -0.15) is 13.2 Å². The summed E-state index contributed by atoms with van der Waals surface area (Å²) in [5.74, 6) is 0. The van der Waals surface area contributed by atoms with Crippen LogP contribution in [0, 0.1) is 0 Å². The zero-order valence-electron chi connectivity index (χ0n) is 9.75. The van der Waals surface area contributed by atoms with Crippen molar-refractivity contribution in [2.75, 3.05) is 12.4 Å². The van der Waals surface area contributed by atoms with E-state index < -0.39 is 11.7 Å². The van der Waals surface area contributed by atoms with Crippen LogP contribution in [0.15, 0.2) is 48.5 Å². The molecule has 0 saturated heterocycles. The third-order valence-corrected chi connectivity index (χ3v) is 2.66. The van der Waals surface area contributed by atoms with Gasteiger partial charge in [-0.25, -0.2) is 0 Å². The van der Waals surface area contributed by atoms with Gasteiger partial charge in [0.05, 0.1) is 5.56 Å². The Morgan fingerprint density at radius 2 is 1.56 bits per heavy atom. The Morgan fingerprint density at radius 3 is 2.11 bits per heavy atom. The zero-order chi connectivity index (χ0) is 13.2. The largest absolute Gasteiger partial charge is 0.416 e. The van der Waals surface area contributed by atoms with Gasteiger partial charge in [-0.3, -0.25) is 0 Å². The van der Waals surface area contributed by atoms with Crippen molar-refractivity contribution in [2.45, 2.75) is 6.18 Å². The highest BCUT2D eigenvalue weighted by molar-refractivity contribution is 5.69. The van der Waals surface area contributed by atoms with Crippen LogP contribution in [0.4, 0.5) is 18.9 Å². The quantitative estimate of drug-likeness (QED) is 0.833. The minimum Gasteiger partial charge on any atom is -0.388 e. The molecule has 2 aromatic rings. The molecule has 2 rings (SSSR count). The van der Waals surface area contributed by atoms with Crippen LogP contribution in [0.1, 0.15) is 5.56 Å². The maximum atomic E-state index is 12.8. The van der Waals surface area contributed by atoms with Crippen molar-refractivity contribution in [1.29, 1.82) is 0 Å². The van der Waals surface area contributed by atoms with E-state index in [2.05, 4.69) is 5.32 Å². The van der Waals surface area contributed by atoms with Gasteiger partial charge in [-0.15, -0.1) is 0 Å².